The third-order valence-electron chi connectivity index (χ3n) is 4.22. The molecule has 0 radical (unpaired) electrons. The molecule has 0 aromatic carbocycles. The van der Waals surface area contributed by atoms with Crippen molar-refractivity contribution in [3.8, 4) is 0 Å². The molecule has 1 aliphatic rings. The zero-order chi connectivity index (χ0) is 14.1. The Balaban J connectivity index is 2.28. The fraction of sp³-hybridized carbons (Fsp3) is 0.800. The van der Waals surface area contributed by atoms with Crippen LogP contribution in [0.5, 0.6) is 0 Å². The van der Waals surface area contributed by atoms with Gasteiger partial charge in [0.2, 0.25) is 0 Å². The second kappa shape index (κ2) is 5.51. The van der Waals surface area contributed by atoms with Gasteiger partial charge in [-0.2, -0.15) is 0 Å². The van der Waals surface area contributed by atoms with Crippen molar-refractivity contribution in [2.75, 3.05) is 27.2 Å². The van der Waals surface area contributed by atoms with Crippen LogP contribution in [0.4, 0.5) is 0 Å². The molecule has 1 aliphatic heterocycles. The first kappa shape index (κ1) is 14.9. The lowest BCUT2D eigenvalue weighted by Gasteiger charge is -2.30. The Morgan fingerprint density at radius 2 is 2.05 bits per heavy atom. The van der Waals surface area contributed by atoms with E-state index < -0.39 is 0 Å². The maximum Gasteiger partial charge on any atom is 0.113 e. The van der Waals surface area contributed by atoms with E-state index in [0.717, 1.165) is 13.0 Å². The van der Waals surface area contributed by atoms with Crippen LogP contribution in [0.1, 0.15) is 50.7 Å². The van der Waals surface area contributed by atoms with Crippen LogP contribution in [-0.4, -0.2) is 37.1 Å². The number of aromatic nitrogens is 1. The van der Waals surface area contributed by atoms with Gasteiger partial charge in [-0.3, -0.25) is 0 Å². The first-order chi connectivity index (χ1) is 8.87. The van der Waals surface area contributed by atoms with Gasteiger partial charge in [0.1, 0.15) is 5.01 Å². The highest BCUT2D eigenvalue weighted by Crippen LogP contribution is 2.36. The van der Waals surface area contributed by atoms with Crippen molar-refractivity contribution in [1.29, 1.82) is 0 Å². The van der Waals surface area contributed by atoms with Gasteiger partial charge in [-0.25, -0.2) is 4.98 Å². The standard InChI is InChI=1S/C15H27N3S/c1-14(2,3)12-11-19-13(17-12)15(16-4)7-6-9-18(5)10-8-15/h11,16H,6-10H2,1-5H3. The highest BCUT2D eigenvalue weighted by Gasteiger charge is 2.35. The predicted molar refractivity (Wildman–Crippen MR) is 82.9 cm³/mol. The van der Waals surface area contributed by atoms with Gasteiger partial charge in [0.15, 0.2) is 0 Å². The molecule has 4 heteroatoms. The largest absolute Gasteiger partial charge is 0.308 e. The first-order valence-electron chi connectivity index (χ1n) is 7.21. The van der Waals surface area contributed by atoms with Crippen LogP contribution in [0.25, 0.3) is 0 Å². The quantitative estimate of drug-likeness (QED) is 0.903. The molecular formula is C15H27N3S. The van der Waals surface area contributed by atoms with Gasteiger partial charge in [-0.15, -0.1) is 11.3 Å². The fourth-order valence-corrected chi connectivity index (χ4v) is 3.99. The molecular weight excluding hydrogens is 254 g/mol. The van der Waals surface area contributed by atoms with Crippen molar-refractivity contribution >= 4 is 11.3 Å². The number of nitrogens with zero attached hydrogens (tertiary/aromatic N) is 2. The minimum Gasteiger partial charge on any atom is -0.308 e. The number of nitrogens with one attached hydrogen (secondary N) is 1. The smallest absolute Gasteiger partial charge is 0.113 e. The molecule has 0 aliphatic carbocycles. The topological polar surface area (TPSA) is 28.2 Å². The maximum atomic E-state index is 4.95. The predicted octanol–water partition coefficient (Wildman–Crippen LogP) is 2.97. The lowest BCUT2D eigenvalue weighted by Crippen LogP contribution is -2.40. The average Bonchev–Trinajstić information content (AvgIpc) is 2.76. The van der Waals surface area contributed by atoms with Crippen LogP contribution < -0.4 is 5.32 Å². The first-order valence-corrected chi connectivity index (χ1v) is 8.09. The number of rotatable bonds is 2. The van der Waals surface area contributed by atoms with E-state index in [1.165, 1.54) is 30.1 Å². The summed E-state index contributed by atoms with van der Waals surface area (Å²) in [7, 11) is 4.30. The fourth-order valence-electron chi connectivity index (χ4n) is 2.68. The van der Waals surface area contributed by atoms with E-state index in [9.17, 15) is 0 Å². The molecule has 0 bridgehead atoms. The third-order valence-corrected chi connectivity index (χ3v) is 5.27. The summed E-state index contributed by atoms with van der Waals surface area (Å²) in [6, 6.07) is 0. The van der Waals surface area contributed by atoms with Crippen LogP contribution in [0.3, 0.4) is 0 Å². The van der Waals surface area contributed by atoms with Gasteiger partial charge in [-0.1, -0.05) is 20.8 Å². The van der Waals surface area contributed by atoms with Crippen molar-refractivity contribution in [2.24, 2.45) is 0 Å². The van der Waals surface area contributed by atoms with Gasteiger partial charge < -0.3 is 10.2 Å². The van der Waals surface area contributed by atoms with Crippen LogP contribution in [-0.2, 0) is 11.0 Å². The molecule has 0 saturated carbocycles. The molecule has 0 spiro atoms. The summed E-state index contributed by atoms with van der Waals surface area (Å²) in [5.41, 5.74) is 1.45. The molecule has 1 aromatic heterocycles. The number of hydrogen-bond donors (Lipinski definition) is 1. The van der Waals surface area contributed by atoms with E-state index in [4.69, 9.17) is 4.98 Å². The minimum atomic E-state index is 0.0823. The summed E-state index contributed by atoms with van der Waals surface area (Å²) in [6.07, 6.45) is 3.57. The van der Waals surface area contributed by atoms with E-state index in [1.54, 1.807) is 0 Å². The summed E-state index contributed by atoms with van der Waals surface area (Å²) in [5.74, 6) is 0. The molecule has 1 aromatic rings. The molecule has 19 heavy (non-hydrogen) atoms. The van der Waals surface area contributed by atoms with Gasteiger partial charge >= 0.3 is 0 Å². The number of hydrogen-bond acceptors (Lipinski definition) is 4. The average molecular weight is 281 g/mol. The zero-order valence-corrected chi connectivity index (χ0v) is 13.7. The molecule has 1 N–H and O–H groups in total. The van der Waals surface area contributed by atoms with Gasteiger partial charge in [-0.05, 0) is 39.9 Å². The van der Waals surface area contributed by atoms with Crippen molar-refractivity contribution in [2.45, 2.75) is 51.0 Å². The van der Waals surface area contributed by atoms with Gasteiger partial charge in [0.25, 0.3) is 0 Å². The van der Waals surface area contributed by atoms with Gasteiger partial charge in [0, 0.05) is 17.3 Å². The summed E-state index contributed by atoms with van der Waals surface area (Å²) in [5, 5.41) is 7.09. The van der Waals surface area contributed by atoms with E-state index in [2.05, 4.69) is 50.5 Å². The molecule has 3 nitrogen and oxygen atoms in total. The number of likely N-dealkylation sites (tertiary alicyclic amines) is 1. The Kier molecular flexibility index (Phi) is 4.33. The van der Waals surface area contributed by atoms with Crippen molar-refractivity contribution in [3.63, 3.8) is 0 Å². The Morgan fingerprint density at radius 3 is 2.63 bits per heavy atom. The monoisotopic (exact) mass is 281 g/mol. The Labute approximate surface area is 121 Å². The Morgan fingerprint density at radius 1 is 1.32 bits per heavy atom. The van der Waals surface area contributed by atoms with E-state index in [-0.39, 0.29) is 11.0 Å². The second-order valence-corrected chi connectivity index (χ2v) is 7.63. The maximum absolute atomic E-state index is 4.95. The Hall–Kier alpha value is -0.450. The van der Waals surface area contributed by atoms with Crippen LogP contribution in [0, 0.1) is 0 Å². The molecule has 1 saturated heterocycles. The Bertz CT molecular complexity index is 421. The summed E-state index contributed by atoms with van der Waals surface area (Å²) < 4.78 is 0. The lowest BCUT2D eigenvalue weighted by molar-refractivity contribution is 0.295. The SMILES string of the molecule is CNC1(c2nc(C(C)(C)C)cs2)CCCN(C)CC1. The van der Waals surface area contributed by atoms with Crippen molar-refractivity contribution in [3.05, 3.63) is 16.1 Å². The summed E-state index contributed by atoms with van der Waals surface area (Å²) in [6.45, 7) is 9.04. The lowest BCUT2D eigenvalue weighted by atomic mass is 9.90. The molecule has 1 atom stereocenters. The van der Waals surface area contributed by atoms with Crippen LogP contribution >= 0.6 is 11.3 Å². The highest BCUT2D eigenvalue weighted by molar-refractivity contribution is 7.09. The number of thiazole rings is 1. The minimum absolute atomic E-state index is 0.0823. The van der Waals surface area contributed by atoms with E-state index in [1.807, 2.05) is 11.3 Å². The van der Waals surface area contributed by atoms with E-state index in [0.29, 0.717) is 0 Å². The van der Waals surface area contributed by atoms with Crippen molar-refractivity contribution < 1.29 is 0 Å². The summed E-state index contributed by atoms with van der Waals surface area (Å²) in [4.78, 5) is 7.38. The van der Waals surface area contributed by atoms with Gasteiger partial charge in [0.05, 0.1) is 11.2 Å². The van der Waals surface area contributed by atoms with E-state index >= 15 is 0 Å². The normalized spacial score (nSPS) is 26.4. The molecule has 1 fully saturated rings. The summed E-state index contributed by atoms with van der Waals surface area (Å²) >= 11 is 1.82. The highest BCUT2D eigenvalue weighted by atomic mass is 32.1. The van der Waals surface area contributed by atoms with Crippen molar-refractivity contribution in [1.82, 2.24) is 15.2 Å². The molecule has 2 heterocycles. The van der Waals surface area contributed by atoms with Crippen LogP contribution in [0.2, 0.25) is 0 Å². The third kappa shape index (κ3) is 3.18. The second-order valence-electron chi connectivity index (χ2n) is 6.78. The van der Waals surface area contributed by atoms with Crippen LogP contribution in [0.15, 0.2) is 5.38 Å². The molecule has 1 unspecified atom stereocenters. The molecule has 0 amide bonds. The molecule has 2 rings (SSSR count). The molecule has 108 valence electrons. The zero-order valence-electron chi connectivity index (χ0n) is 12.9.